The van der Waals surface area contributed by atoms with Crippen molar-refractivity contribution in [3.63, 3.8) is 0 Å². The Kier molecular flexibility index (Phi) is 12.6. The lowest BCUT2D eigenvalue weighted by molar-refractivity contribution is -0.140. The third-order valence-electron chi connectivity index (χ3n) is 4.50. The number of hydrogen-bond donors (Lipinski definition) is 2. The molecular formula is C22H34N2O4. The molecule has 1 heterocycles. The van der Waals surface area contributed by atoms with E-state index in [1.807, 2.05) is 12.1 Å². The number of anilines is 1. The van der Waals surface area contributed by atoms with E-state index in [-0.39, 0.29) is 12.4 Å². The second-order valence-corrected chi connectivity index (χ2v) is 6.93. The number of aliphatic hydroxyl groups excluding tert-OH is 1. The van der Waals surface area contributed by atoms with E-state index in [0.29, 0.717) is 17.9 Å². The Labute approximate surface area is 168 Å². The first kappa shape index (κ1) is 23.8. The van der Waals surface area contributed by atoms with Crippen LogP contribution in [0.3, 0.4) is 0 Å². The van der Waals surface area contributed by atoms with E-state index in [9.17, 15) is 14.7 Å². The van der Waals surface area contributed by atoms with Crippen LogP contribution in [0.4, 0.5) is 5.82 Å². The first-order chi connectivity index (χ1) is 13.6. The van der Waals surface area contributed by atoms with Gasteiger partial charge in [-0.05, 0) is 31.1 Å². The number of esters is 1. The van der Waals surface area contributed by atoms with Gasteiger partial charge < -0.3 is 20.0 Å². The minimum Gasteiger partial charge on any atom is -0.469 e. The van der Waals surface area contributed by atoms with Gasteiger partial charge in [-0.3, -0.25) is 4.79 Å². The van der Waals surface area contributed by atoms with Crippen LogP contribution in [0.2, 0.25) is 0 Å². The van der Waals surface area contributed by atoms with Crippen molar-refractivity contribution in [2.75, 3.05) is 12.4 Å². The number of pyridine rings is 1. The molecule has 6 nitrogen and oxygen atoms in total. The SMILES string of the molecule is CCCCCCCCC(O)C=Cc1cccc(NC(C=O)CCC(=O)OC)n1. The number of nitrogens with zero attached hydrogens (tertiary/aromatic N) is 1. The van der Waals surface area contributed by atoms with E-state index in [2.05, 4.69) is 22.0 Å². The fourth-order valence-electron chi connectivity index (χ4n) is 2.80. The number of carbonyl (C=O) groups excluding carboxylic acids is 2. The Bertz CT molecular complexity index is 604. The van der Waals surface area contributed by atoms with Crippen LogP contribution >= 0.6 is 0 Å². The highest BCUT2D eigenvalue weighted by molar-refractivity contribution is 5.71. The fraction of sp³-hybridized carbons (Fsp3) is 0.591. The summed E-state index contributed by atoms with van der Waals surface area (Å²) < 4.78 is 4.59. The molecule has 2 unspecified atom stereocenters. The first-order valence-corrected chi connectivity index (χ1v) is 10.2. The largest absolute Gasteiger partial charge is 0.469 e. The molecule has 0 aromatic carbocycles. The summed E-state index contributed by atoms with van der Waals surface area (Å²) in [6.45, 7) is 2.20. The molecule has 0 amide bonds. The molecule has 0 aliphatic carbocycles. The summed E-state index contributed by atoms with van der Waals surface area (Å²) >= 11 is 0. The molecule has 2 atom stereocenters. The van der Waals surface area contributed by atoms with Gasteiger partial charge in [0.1, 0.15) is 12.1 Å². The predicted molar refractivity (Wildman–Crippen MR) is 112 cm³/mol. The van der Waals surface area contributed by atoms with E-state index < -0.39 is 12.1 Å². The summed E-state index contributed by atoms with van der Waals surface area (Å²) in [6.07, 6.45) is 12.3. The maximum atomic E-state index is 11.2. The lowest BCUT2D eigenvalue weighted by Crippen LogP contribution is -2.23. The Morgan fingerprint density at radius 1 is 1.21 bits per heavy atom. The average Bonchev–Trinajstić information content (AvgIpc) is 2.72. The number of nitrogens with one attached hydrogen (secondary N) is 1. The molecular weight excluding hydrogens is 356 g/mol. The number of ether oxygens (including phenoxy) is 1. The quantitative estimate of drug-likeness (QED) is 0.266. The molecule has 0 radical (unpaired) electrons. The fourth-order valence-corrected chi connectivity index (χ4v) is 2.80. The van der Waals surface area contributed by atoms with E-state index in [4.69, 9.17) is 0 Å². The third kappa shape index (κ3) is 10.8. The zero-order valence-electron chi connectivity index (χ0n) is 17.1. The molecule has 1 rings (SSSR count). The van der Waals surface area contributed by atoms with Gasteiger partial charge in [0.05, 0.1) is 24.9 Å². The van der Waals surface area contributed by atoms with E-state index in [0.717, 1.165) is 25.5 Å². The van der Waals surface area contributed by atoms with Crippen LogP contribution in [-0.2, 0) is 14.3 Å². The topological polar surface area (TPSA) is 88.5 Å². The van der Waals surface area contributed by atoms with Crippen molar-refractivity contribution in [2.24, 2.45) is 0 Å². The second-order valence-electron chi connectivity index (χ2n) is 6.93. The van der Waals surface area contributed by atoms with Crippen LogP contribution in [0.15, 0.2) is 24.3 Å². The van der Waals surface area contributed by atoms with Crippen LogP contribution in [-0.4, -0.2) is 41.6 Å². The molecule has 0 bridgehead atoms. The van der Waals surface area contributed by atoms with Gasteiger partial charge in [-0.15, -0.1) is 0 Å². The molecule has 0 saturated carbocycles. The summed E-state index contributed by atoms with van der Waals surface area (Å²) in [5.74, 6) is 0.201. The summed E-state index contributed by atoms with van der Waals surface area (Å²) in [5, 5.41) is 13.1. The minimum atomic E-state index is -0.510. The Balaban J connectivity index is 2.45. The van der Waals surface area contributed by atoms with Crippen LogP contribution in [0, 0.1) is 0 Å². The number of aldehydes is 1. The smallest absolute Gasteiger partial charge is 0.305 e. The van der Waals surface area contributed by atoms with Crippen molar-refractivity contribution in [1.82, 2.24) is 4.98 Å². The predicted octanol–water partition coefficient (Wildman–Crippen LogP) is 4.14. The standard InChI is InChI=1S/C22H34N2O4/c1-3-4-5-6-7-8-11-20(26)15-13-18-10-9-12-21(23-18)24-19(17-25)14-16-22(27)28-2/h9-10,12-13,15,17,19-20,26H,3-8,11,14,16H2,1-2H3,(H,23,24). The van der Waals surface area contributed by atoms with Crippen LogP contribution in [0.5, 0.6) is 0 Å². The van der Waals surface area contributed by atoms with Gasteiger partial charge >= 0.3 is 5.97 Å². The van der Waals surface area contributed by atoms with Crippen LogP contribution < -0.4 is 5.32 Å². The summed E-state index contributed by atoms with van der Waals surface area (Å²) in [6, 6.07) is 4.92. The molecule has 0 fully saturated rings. The highest BCUT2D eigenvalue weighted by Crippen LogP contribution is 2.12. The van der Waals surface area contributed by atoms with Crippen molar-refractivity contribution in [2.45, 2.75) is 76.9 Å². The van der Waals surface area contributed by atoms with Gasteiger partial charge in [-0.25, -0.2) is 4.98 Å². The lowest BCUT2D eigenvalue weighted by atomic mass is 10.1. The van der Waals surface area contributed by atoms with Crippen molar-refractivity contribution in [3.8, 4) is 0 Å². The summed E-state index contributed by atoms with van der Waals surface area (Å²) in [7, 11) is 1.32. The van der Waals surface area contributed by atoms with Crippen molar-refractivity contribution >= 4 is 24.1 Å². The number of rotatable bonds is 15. The molecule has 0 spiro atoms. The van der Waals surface area contributed by atoms with Crippen molar-refractivity contribution in [3.05, 3.63) is 30.0 Å². The number of aliphatic hydroxyl groups is 1. The Morgan fingerprint density at radius 2 is 1.96 bits per heavy atom. The molecule has 1 aromatic rings. The van der Waals surface area contributed by atoms with Crippen molar-refractivity contribution < 1.29 is 19.4 Å². The van der Waals surface area contributed by atoms with E-state index >= 15 is 0 Å². The number of methoxy groups -OCH3 is 1. The average molecular weight is 391 g/mol. The number of aromatic nitrogens is 1. The highest BCUT2D eigenvalue weighted by Gasteiger charge is 2.11. The Morgan fingerprint density at radius 3 is 2.68 bits per heavy atom. The molecule has 6 heteroatoms. The first-order valence-electron chi connectivity index (χ1n) is 10.2. The zero-order chi connectivity index (χ0) is 20.6. The molecule has 0 aliphatic heterocycles. The zero-order valence-corrected chi connectivity index (χ0v) is 17.1. The van der Waals surface area contributed by atoms with Crippen LogP contribution in [0.25, 0.3) is 6.08 Å². The van der Waals surface area contributed by atoms with E-state index in [1.165, 1.54) is 32.8 Å². The van der Waals surface area contributed by atoms with Crippen LogP contribution in [0.1, 0.15) is 70.4 Å². The van der Waals surface area contributed by atoms with Gasteiger partial charge in [0, 0.05) is 6.42 Å². The molecule has 0 aliphatic rings. The minimum absolute atomic E-state index is 0.164. The maximum Gasteiger partial charge on any atom is 0.305 e. The maximum absolute atomic E-state index is 11.2. The monoisotopic (exact) mass is 390 g/mol. The number of hydrogen-bond acceptors (Lipinski definition) is 6. The number of unbranched alkanes of at least 4 members (excludes halogenated alkanes) is 5. The summed E-state index contributed by atoms with van der Waals surface area (Å²) in [4.78, 5) is 26.8. The summed E-state index contributed by atoms with van der Waals surface area (Å²) in [5.41, 5.74) is 0.699. The van der Waals surface area contributed by atoms with Crippen molar-refractivity contribution in [1.29, 1.82) is 0 Å². The molecule has 28 heavy (non-hydrogen) atoms. The van der Waals surface area contributed by atoms with Gasteiger partial charge in [0.25, 0.3) is 0 Å². The highest BCUT2D eigenvalue weighted by atomic mass is 16.5. The Hall–Kier alpha value is -2.21. The molecule has 2 N–H and O–H groups in total. The molecule has 156 valence electrons. The second kappa shape index (κ2) is 14.8. The van der Waals surface area contributed by atoms with Gasteiger partial charge in [-0.1, -0.05) is 57.6 Å². The van der Waals surface area contributed by atoms with Gasteiger partial charge in [0.2, 0.25) is 0 Å². The van der Waals surface area contributed by atoms with Gasteiger partial charge in [-0.2, -0.15) is 0 Å². The number of carbonyl (C=O) groups is 2. The normalized spacial score (nSPS) is 13.2. The van der Waals surface area contributed by atoms with Gasteiger partial charge in [0.15, 0.2) is 0 Å². The molecule has 1 aromatic heterocycles. The third-order valence-corrected chi connectivity index (χ3v) is 4.50. The van der Waals surface area contributed by atoms with E-state index in [1.54, 1.807) is 18.2 Å². The lowest BCUT2D eigenvalue weighted by Gasteiger charge is -2.13. The molecule has 0 saturated heterocycles.